The zero-order chi connectivity index (χ0) is 17.6. The van der Waals surface area contributed by atoms with Gasteiger partial charge in [-0.15, -0.1) is 0 Å². The Kier molecular flexibility index (Phi) is 6.72. The van der Waals surface area contributed by atoms with Crippen LogP contribution in [0.25, 0.3) is 0 Å². The molecule has 0 saturated carbocycles. The van der Waals surface area contributed by atoms with E-state index in [0.717, 1.165) is 5.56 Å². The summed E-state index contributed by atoms with van der Waals surface area (Å²) in [5, 5.41) is 0. The highest BCUT2D eigenvalue weighted by molar-refractivity contribution is 5.98. The molecule has 2 unspecified atom stereocenters. The summed E-state index contributed by atoms with van der Waals surface area (Å²) in [5.74, 6) is -2.32. The number of benzene rings is 1. The van der Waals surface area contributed by atoms with Gasteiger partial charge in [0, 0.05) is 20.7 Å². The average molecular weight is 322 g/mol. The third-order valence-corrected chi connectivity index (χ3v) is 3.17. The lowest BCUT2D eigenvalue weighted by Gasteiger charge is -2.28. The molecule has 1 aromatic rings. The van der Waals surface area contributed by atoms with Crippen LogP contribution in [-0.2, 0) is 25.6 Å². The van der Waals surface area contributed by atoms with Gasteiger partial charge in [0.05, 0.1) is 0 Å². The number of carbonyl (C=O) groups is 2. The largest absolute Gasteiger partial charge is 0.459 e. The van der Waals surface area contributed by atoms with Crippen LogP contribution >= 0.6 is 0 Å². The van der Waals surface area contributed by atoms with Gasteiger partial charge in [-0.25, -0.2) is 0 Å². The molecular formula is C17H26N2O4. The van der Waals surface area contributed by atoms with E-state index in [4.69, 9.17) is 15.2 Å². The first-order valence-corrected chi connectivity index (χ1v) is 7.46. The lowest BCUT2D eigenvalue weighted by atomic mass is 10.1. The summed E-state index contributed by atoms with van der Waals surface area (Å²) < 4.78 is 10.3. The average Bonchev–Trinajstić information content (AvgIpc) is 2.46. The smallest absolute Gasteiger partial charge is 0.323 e. The molecule has 6 nitrogen and oxygen atoms in total. The molecule has 1 rings (SSSR count). The van der Waals surface area contributed by atoms with Crippen LogP contribution in [0.5, 0.6) is 0 Å². The minimum Gasteiger partial charge on any atom is -0.459 e. The molecule has 0 heterocycles. The van der Waals surface area contributed by atoms with Crippen molar-refractivity contribution < 1.29 is 19.1 Å². The maximum Gasteiger partial charge on any atom is 0.323 e. The van der Waals surface area contributed by atoms with Crippen LogP contribution < -0.4 is 5.73 Å². The van der Waals surface area contributed by atoms with Crippen molar-refractivity contribution in [3.05, 3.63) is 35.9 Å². The fourth-order valence-corrected chi connectivity index (χ4v) is 2.05. The van der Waals surface area contributed by atoms with E-state index in [9.17, 15) is 9.59 Å². The zero-order valence-corrected chi connectivity index (χ0v) is 14.4. The molecule has 23 heavy (non-hydrogen) atoms. The van der Waals surface area contributed by atoms with E-state index in [1.165, 1.54) is 12.0 Å². The van der Waals surface area contributed by atoms with Crippen molar-refractivity contribution in [3.8, 4) is 0 Å². The van der Waals surface area contributed by atoms with Gasteiger partial charge in [-0.3, -0.25) is 9.59 Å². The van der Waals surface area contributed by atoms with Gasteiger partial charge in [0.1, 0.15) is 11.8 Å². The fraction of sp³-hybridized carbons (Fsp3) is 0.529. The van der Waals surface area contributed by atoms with Crippen molar-refractivity contribution in [1.82, 2.24) is 4.90 Å². The maximum absolute atomic E-state index is 12.6. The Balaban J connectivity index is 2.88. The van der Waals surface area contributed by atoms with Crippen LogP contribution in [0.4, 0.5) is 0 Å². The second kappa shape index (κ2) is 8.08. The minimum atomic E-state index is -1.20. The lowest BCUT2D eigenvalue weighted by Crippen LogP contribution is -2.49. The maximum atomic E-state index is 12.6. The molecule has 1 aromatic carbocycles. The van der Waals surface area contributed by atoms with E-state index in [0.29, 0.717) is 6.54 Å². The number of carbonyl (C=O) groups excluding carboxylic acids is 2. The molecule has 128 valence electrons. The van der Waals surface area contributed by atoms with Crippen molar-refractivity contribution in [3.63, 3.8) is 0 Å². The van der Waals surface area contributed by atoms with Crippen LogP contribution in [0.1, 0.15) is 26.3 Å². The standard InChI is InChI=1S/C17H26N2O4/c1-17(2,3)23-16(21)13(14(18)22-5)15(20)19(4)11-12-9-7-6-8-10-12/h6-10,13-14H,11,18H2,1-5H3. The lowest BCUT2D eigenvalue weighted by molar-refractivity contribution is -0.170. The van der Waals surface area contributed by atoms with Gasteiger partial charge in [-0.2, -0.15) is 0 Å². The van der Waals surface area contributed by atoms with E-state index in [1.54, 1.807) is 27.8 Å². The van der Waals surface area contributed by atoms with Crippen LogP contribution in [0.2, 0.25) is 0 Å². The molecule has 0 spiro atoms. The molecule has 0 bridgehead atoms. The molecule has 0 aliphatic carbocycles. The van der Waals surface area contributed by atoms with Crippen molar-refractivity contribution in [1.29, 1.82) is 0 Å². The SMILES string of the molecule is COC(N)C(C(=O)OC(C)(C)C)C(=O)N(C)Cc1ccccc1. The molecule has 0 aliphatic heterocycles. The molecule has 6 heteroatoms. The summed E-state index contributed by atoms with van der Waals surface area (Å²) in [6.07, 6.45) is -1.06. The topological polar surface area (TPSA) is 81.9 Å². The first kappa shape index (κ1) is 19.1. The van der Waals surface area contributed by atoms with E-state index < -0.39 is 29.6 Å². The monoisotopic (exact) mass is 322 g/mol. The summed E-state index contributed by atoms with van der Waals surface area (Å²) in [5.41, 5.74) is 6.05. The van der Waals surface area contributed by atoms with Gasteiger partial charge in [0.25, 0.3) is 0 Å². The van der Waals surface area contributed by atoms with E-state index in [-0.39, 0.29) is 0 Å². The number of hydrogen-bond donors (Lipinski definition) is 1. The van der Waals surface area contributed by atoms with Crippen LogP contribution in [0, 0.1) is 5.92 Å². The molecule has 0 aliphatic rings. The minimum absolute atomic E-state index is 0.370. The Labute approximate surface area is 137 Å². The van der Waals surface area contributed by atoms with Gasteiger partial charge in [0.15, 0.2) is 5.92 Å². The molecule has 0 saturated heterocycles. The van der Waals surface area contributed by atoms with Crippen molar-refractivity contribution in [2.45, 2.75) is 39.1 Å². The van der Waals surface area contributed by atoms with Gasteiger partial charge < -0.3 is 20.1 Å². The number of methoxy groups -OCH3 is 1. The van der Waals surface area contributed by atoms with Gasteiger partial charge in [0.2, 0.25) is 5.91 Å². The number of ether oxygens (including phenoxy) is 2. The Morgan fingerprint density at radius 2 is 1.78 bits per heavy atom. The molecule has 0 radical (unpaired) electrons. The molecule has 2 atom stereocenters. The highest BCUT2D eigenvalue weighted by Crippen LogP contribution is 2.17. The normalized spacial score (nSPS) is 14.0. The number of rotatable bonds is 6. The third-order valence-electron chi connectivity index (χ3n) is 3.17. The van der Waals surface area contributed by atoms with E-state index in [1.807, 2.05) is 30.3 Å². The number of esters is 1. The summed E-state index contributed by atoms with van der Waals surface area (Å²) in [6, 6.07) is 9.49. The van der Waals surface area contributed by atoms with Crippen molar-refractivity contribution >= 4 is 11.9 Å². The number of nitrogens with zero attached hydrogens (tertiary/aromatic N) is 1. The fourth-order valence-electron chi connectivity index (χ4n) is 2.05. The summed E-state index contributed by atoms with van der Waals surface area (Å²) >= 11 is 0. The third kappa shape index (κ3) is 6.00. The summed E-state index contributed by atoms with van der Waals surface area (Å²) in [6.45, 7) is 5.57. The van der Waals surface area contributed by atoms with Gasteiger partial charge >= 0.3 is 5.97 Å². The second-order valence-corrected chi connectivity index (χ2v) is 6.39. The highest BCUT2D eigenvalue weighted by atomic mass is 16.6. The molecule has 0 fully saturated rings. The molecule has 1 amide bonds. The van der Waals surface area contributed by atoms with Gasteiger partial charge in [-0.1, -0.05) is 30.3 Å². The van der Waals surface area contributed by atoms with Crippen LogP contribution in [-0.4, -0.2) is 42.8 Å². The Bertz CT molecular complexity index is 525. The van der Waals surface area contributed by atoms with Crippen molar-refractivity contribution in [2.24, 2.45) is 11.7 Å². The molecular weight excluding hydrogens is 296 g/mol. The summed E-state index contributed by atoms with van der Waals surface area (Å²) in [4.78, 5) is 26.4. The Morgan fingerprint density at radius 1 is 1.22 bits per heavy atom. The Hall–Kier alpha value is -1.92. The van der Waals surface area contributed by atoms with Crippen LogP contribution in [0.3, 0.4) is 0 Å². The molecule has 2 N–H and O–H groups in total. The van der Waals surface area contributed by atoms with E-state index in [2.05, 4.69) is 0 Å². The number of nitrogens with two attached hydrogens (primary N) is 1. The Morgan fingerprint density at radius 3 is 2.26 bits per heavy atom. The van der Waals surface area contributed by atoms with Gasteiger partial charge in [-0.05, 0) is 26.3 Å². The van der Waals surface area contributed by atoms with Crippen molar-refractivity contribution in [2.75, 3.05) is 14.2 Å². The highest BCUT2D eigenvalue weighted by Gasteiger charge is 2.38. The first-order valence-electron chi connectivity index (χ1n) is 7.46. The first-order chi connectivity index (χ1) is 10.7. The predicted octanol–water partition coefficient (Wildman–Crippen LogP) is 1.53. The number of amides is 1. The zero-order valence-electron chi connectivity index (χ0n) is 14.4. The molecule has 0 aromatic heterocycles. The second-order valence-electron chi connectivity index (χ2n) is 6.39. The predicted molar refractivity (Wildman–Crippen MR) is 87.2 cm³/mol. The number of hydrogen-bond acceptors (Lipinski definition) is 5. The van der Waals surface area contributed by atoms with Crippen LogP contribution in [0.15, 0.2) is 30.3 Å². The quantitative estimate of drug-likeness (QED) is 0.488. The summed E-state index contributed by atoms with van der Waals surface area (Å²) in [7, 11) is 2.97. The van der Waals surface area contributed by atoms with E-state index >= 15 is 0 Å².